The van der Waals surface area contributed by atoms with Gasteiger partial charge in [-0.3, -0.25) is 19.0 Å². The minimum atomic E-state index is -0.354. The molecule has 3 rings (SSSR count). The zero-order valence-corrected chi connectivity index (χ0v) is 19.5. The highest BCUT2D eigenvalue weighted by molar-refractivity contribution is 9.10. The smallest absolute Gasteiger partial charge is 0.262 e. The summed E-state index contributed by atoms with van der Waals surface area (Å²) in [5.74, 6) is -0.520. The number of piperidine rings is 1. The number of fused-ring (bicyclic) bond motifs is 1. The molecule has 7 nitrogen and oxygen atoms in total. The van der Waals surface area contributed by atoms with Crippen LogP contribution >= 0.6 is 27.7 Å². The van der Waals surface area contributed by atoms with E-state index in [9.17, 15) is 14.4 Å². The molecule has 162 valence electrons. The molecule has 1 fully saturated rings. The Morgan fingerprint density at radius 2 is 2.13 bits per heavy atom. The summed E-state index contributed by atoms with van der Waals surface area (Å²) in [5.41, 5.74) is 5.96. The summed E-state index contributed by atoms with van der Waals surface area (Å²) >= 11 is 4.70. The summed E-state index contributed by atoms with van der Waals surface area (Å²) in [5, 5.41) is 1.12. The van der Waals surface area contributed by atoms with Gasteiger partial charge >= 0.3 is 0 Å². The maximum Gasteiger partial charge on any atom is 0.262 e. The molecule has 2 N–H and O–H groups in total. The van der Waals surface area contributed by atoms with E-state index in [0.29, 0.717) is 35.7 Å². The Morgan fingerprint density at radius 1 is 1.33 bits per heavy atom. The van der Waals surface area contributed by atoms with Crippen molar-refractivity contribution in [2.24, 2.45) is 11.7 Å². The highest BCUT2D eigenvalue weighted by Gasteiger charge is 2.27. The lowest BCUT2D eigenvalue weighted by Crippen LogP contribution is -2.44. The average molecular weight is 495 g/mol. The monoisotopic (exact) mass is 494 g/mol. The number of carbonyl (C=O) groups excluding carboxylic acids is 2. The Morgan fingerprint density at radius 3 is 2.87 bits per heavy atom. The van der Waals surface area contributed by atoms with Gasteiger partial charge in [0.15, 0.2) is 5.16 Å². The van der Waals surface area contributed by atoms with Crippen LogP contribution < -0.4 is 11.3 Å². The third-order valence-corrected chi connectivity index (χ3v) is 6.82. The minimum absolute atomic E-state index is 0.0591. The maximum atomic E-state index is 13.1. The first kappa shape index (κ1) is 22.8. The molecule has 1 aliphatic rings. The van der Waals surface area contributed by atoms with E-state index in [1.165, 1.54) is 11.8 Å². The third kappa shape index (κ3) is 5.43. The topological polar surface area (TPSA) is 98.3 Å². The fourth-order valence-corrected chi connectivity index (χ4v) is 4.94. The van der Waals surface area contributed by atoms with Gasteiger partial charge in [0, 0.05) is 24.1 Å². The van der Waals surface area contributed by atoms with Crippen LogP contribution in [0.25, 0.3) is 10.9 Å². The van der Waals surface area contributed by atoms with Gasteiger partial charge in [0.1, 0.15) is 0 Å². The lowest BCUT2D eigenvalue weighted by Gasteiger charge is -2.31. The number of likely N-dealkylation sites (tertiary alicyclic amines) is 1. The van der Waals surface area contributed by atoms with Crippen molar-refractivity contribution in [3.8, 4) is 0 Å². The summed E-state index contributed by atoms with van der Waals surface area (Å²) < 4.78 is 2.52. The second kappa shape index (κ2) is 10.4. The molecule has 2 aromatic rings. The minimum Gasteiger partial charge on any atom is -0.369 e. The largest absolute Gasteiger partial charge is 0.369 e. The second-order valence-electron chi connectivity index (χ2n) is 7.59. The van der Waals surface area contributed by atoms with Crippen molar-refractivity contribution >= 4 is 50.4 Å². The number of carbonyl (C=O) groups is 2. The SMILES string of the molecule is CCCCCn1c(SCC(=O)N2CCCC(C(N)=O)C2)nc2ccc(Br)cc2c1=O. The van der Waals surface area contributed by atoms with E-state index in [1.54, 1.807) is 15.5 Å². The predicted octanol–water partition coefficient (Wildman–Crippen LogP) is 3.17. The molecule has 0 spiro atoms. The third-order valence-electron chi connectivity index (χ3n) is 5.37. The van der Waals surface area contributed by atoms with E-state index in [-0.39, 0.29) is 29.0 Å². The van der Waals surface area contributed by atoms with Crippen LogP contribution in [0.2, 0.25) is 0 Å². The van der Waals surface area contributed by atoms with Gasteiger partial charge in [-0.15, -0.1) is 0 Å². The number of aromatic nitrogens is 2. The molecule has 2 amide bonds. The van der Waals surface area contributed by atoms with Crippen molar-refractivity contribution < 1.29 is 9.59 Å². The molecule has 2 heterocycles. The van der Waals surface area contributed by atoms with Crippen molar-refractivity contribution in [3.05, 3.63) is 33.0 Å². The van der Waals surface area contributed by atoms with E-state index < -0.39 is 0 Å². The van der Waals surface area contributed by atoms with Crippen LogP contribution in [0.3, 0.4) is 0 Å². The van der Waals surface area contributed by atoms with Crippen molar-refractivity contribution in [3.63, 3.8) is 0 Å². The van der Waals surface area contributed by atoms with E-state index >= 15 is 0 Å². The number of nitrogens with two attached hydrogens (primary N) is 1. The van der Waals surface area contributed by atoms with Crippen LogP contribution in [-0.4, -0.2) is 45.1 Å². The lowest BCUT2D eigenvalue weighted by molar-refractivity contribution is -0.132. The number of primary amides is 1. The van der Waals surface area contributed by atoms with Gasteiger partial charge < -0.3 is 10.6 Å². The molecule has 0 radical (unpaired) electrons. The van der Waals surface area contributed by atoms with E-state index in [0.717, 1.165) is 36.6 Å². The number of benzene rings is 1. The molecular weight excluding hydrogens is 468 g/mol. The van der Waals surface area contributed by atoms with Crippen molar-refractivity contribution in [2.45, 2.75) is 50.7 Å². The first-order valence-electron chi connectivity index (χ1n) is 10.3. The zero-order chi connectivity index (χ0) is 21.7. The van der Waals surface area contributed by atoms with Crippen LogP contribution in [0, 0.1) is 5.92 Å². The van der Waals surface area contributed by atoms with Crippen LogP contribution in [0.15, 0.2) is 32.6 Å². The first-order chi connectivity index (χ1) is 14.4. The Balaban J connectivity index is 1.80. The number of hydrogen-bond acceptors (Lipinski definition) is 5. The van der Waals surface area contributed by atoms with Crippen LogP contribution in [0.4, 0.5) is 0 Å². The van der Waals surface area contributed by atoms with Gasteiger partial charge in [-0.2, -0.15) is 0 Å². The Labute approximate surface area is 188 Å². The molecule has 0 aliphatic carbocycles. The van der Waals surface area contributed by atoms with Crippen molar-refractivity contribution in [2.75, 3.05) is 18.8 Å². The summed E-state index contributed by atoms with van der Waals surface area (Å²) in [7, 11) is 0. The van der Waals surface area contributed by atoms with Crippen LogP contribution in [-0.2, 0) is 16.1 Å². The molecule has 30 heavy (non-hydrogen) atoms. The van der Waals surface area contributed by atoms with Gasteiger partial charge in [0.05, 0.1) is 22.6 Å². The Hall–Kier alpha value is -1.87. The number of rotatable bonds is 8. The second-order valence-corrected chi connectivity index (χ2v) is 9.45. The Kier molecular flexibility index (Phi) is 7.93. The summed E-state index contributed by atoms with van der Waals surface area (Å²) in [6, 6.07) is 5.46. The molecule has 9 heteroatoms. The number of nitrogens with zero attached hydrogens (tertiary/aromatic N) is 3. The van der Waals surface area contributed by atoms with Crippen LogP contribution in [0.1, 0.15) is 39.0 Å². The van der Waals surface area contributed by atoms with Gasteiger partial charge in [-0.05, 0) is 37.5 Å². The quantitative estimate of drug-likeness (QED) is 0.345. The molecule has 0 saturated carbocycles. The number of halogens is 1. The normalized spacial score (nSPS) is 16.7. The lowest BCUT2D eigenvalue weighted by atomic mass is 9.97. The van der Waals surface area contributed by atoms with Crippen molar-refractivity contribution in [1.29, 1.82) is 0 Å². The molecule has 1 aromatic heterocycles. The number of unbranched alkanes of at least 4 members (excludes halogenated alkanes) is 2. The van der Waals surface area contributed by atoms with E-state index in [1.807, 2.05) is 12.1 Å². The summed E-state index contributed by atoms with van der Waals surface area (Å²) in [6.45, 7) is 3.69. The highest BCUT2D eigenvalue weighted by atomic mass is 79.9. The molecular formula is C21H27BrN4O3S. The molecule has 1 saturated heterocycles. The molecule has 1 unspecified atom stereocenters. The van der Waals surface area contributed by atoms with Crippen molar-refractivity contribution in [1.82, 2.24) is 14.5 Å². The molecule has 1 aromatic carbocycles. The van der Waals surface area contributed by atoms with E-state index in [4.69, 9.17) is 5.73 Å². The molecule has 0 bridgehead atoms. The molecule has 1 aliphatic heterocycles. The summed E-state index contributed by atoms with van der Waals surface area (Å²) in [4.78, 5) is 43.7. The fourth-order valence-electron chi connectivity index (χ4n) is 3.65. The Bertz CT molecular complexity index is 994. The van der Waals surface area contributed by atoms with Gasteiger partial charge in [0.25, 0.3) is 5.56 Å². The predicted molar refractivity (Wildman–Crippen MR) is 122 cm³/mol. The zero-order valence-electron chi connectivity index (χ0n) is 17.1. The fraction of sp³-hybridized carbons (Fsp3) is 0.524. The number of amides is 2. The van der Waals surface area contributed by atoms with Gasteiger partial charge in [-0.25, -0.2) is 4.98 Å². The number of thioether (sulfide) groups is 1. The highest BCUT2D eigenvalue weighted by Crippen LogP contribution is 2.23. The molecule has 1 atom stereocenters. The average Bonchev–Trinajstić information content (AvgIpc) is 2.74. The first-order valence-corrected chi connectivity index (χ1v) is 12.1. The van der Waals surface area contributed by atoms with Gasteiger partial charge in [0.2, 0.25) is 11.8 Å². The maximum absolute atomic E-state index is 13.1. The number of hydrogen-bond donors (Lipinski definition) is 1. The van der Waals surface area contributed by atoms with E-state index in [2.05, 4.69) is 27.8 Å². The summed E-state index contributed by atoms with van der Waals surface area (Å²) in [6.07, 6.45) is 4.46. The standard InChI is InChI=1S/C21H27BrN4O3S/c1-2-3-4-10-26-20(29)16-11-15(22)7-8-17(16)24-21(26)30-13-18(27)25-9-5-6-14(12-25)19(23)28/h7-8,11,14H,2-6,9-10,12-13H2,1H3,(H2,23,28). The van der Waals surface area contributed by atoms with Gasteiger partial charge in [-0.1, -0.05) is 47.5 Å². The van der Waals surface area contributed by atoms with Crippen LogP contribution in [0.5, 0.6) is 0 Å².